The van der Waals surface area contributed by atoms with E-state index in [1.165, 1.54) is 0 Å². The molecule has 0 saturated carbocycles. The molecule has 0 unspecified atom stereocenters. The Morgan fingerprint density at radius 3 is 2.73 bits per heavy atom. The van der Waals surface area contributed by atoms with Gasteiger partial charge in [-0.3, -0.25) is 4.79 Å². The molecule has 0 aliphatic carbocycles. The molecule has 2 atom stereocenters. The molecule has 11 heavy (non-hydrogen) atoms. The molecule has 0 radical (unpaired) electrons. The van der Waals surface area contributed by atoms with Crippen LogP contribution in [-0.4, -0.2) is 25.9 Å². The quantitative estimate of drug-likeness (QED) is 0.610. The van der Waals surface area contributed by atoms with Crippen molar-refractivity contribution in [2.75, 3.05) is 13.7 Å². The van der Waals surface area contributed by atoms with Gasteiger partial charge in [0.2, 0.25) is 5.91 Å². The fraction of sp³-hybridized carbons (Fsp3) is 0.857. The Balaban J connectivity index is 2.30. The third kappa shape index (κ3) is 2.17. The van der Waals surface area contributed by atoms with Crippen LogP contribution in [-0.2, 0) is 14.3 Å². The normalized spacial score (nSPS) is 31.7. The van der Waals surface area contributed by atoms with Crippen LogP contribution in [0.5, 0.6) is 0 Å². The lowest BCUT2D eigenvalue weighted by atomic mass is 10.0. The second-order valence-electron chi connectivity index (χ2n) is 2.68. The Hall–Kier alpha value is -0.610. The summed E-state index contributed by atoms with van der Waals surface area (Å²) >= 11 is 0. The van der Waals surface area contributed by atoms with Crippen LogP contribution >= 0.6 is 0 Å². The van der Waals surface area contributed by atoms with E-state index in [0.717, 1.165) is 12.8 Å². The molecule has 0 spiro atoms. The molecular formula is C7H13NO3. The fourth-order valence-electron chi connectivity index (χ4n) is 1.14. The number of carbonyl (C=O) groups excluding carboxylic acids is 1. The lowest BCUT2D eigenvalue weighted by molar-refractivity contribution is -0.165. The minimum Gasteiger partial charge on any atom is -0.369 e. The van der Waals surface area contributed by atoms with E-state index in [-0.39, 0.29) is 18.1 Å². The number of methoxy groups -OCH3 is 1. The number of ether oxygens (including phenoxy) is 2. The third-order valence-corrected chi connectivity index (χ3v) is 1.90. The summed E-state index contributed by atoms with van der Waals surface area (Å²) in [6, 6.07) is 0. The van der Waals surface area contributed by atoms with Crippen LogP contribution in [0.25, 0.3) is 0 Å². The summed E-state index contributed by atoms with van der Waals surface area (Å²) in [5.41, 5.74) is 5.09. The number of primary amides is 1. The molecule has 1 amide bonds. The predicted molar refractivity (Wildman–Crippen MR) is 38.7 cm³/mol. The highest BCUT2D eigenvalue weighted by molar-refractivity contribution is 5.76. The highest BCUT2D eigenvalue weighted by Crippen LogP contribution is 2.18. The lowest BCUT2D eigenvalue weighted by Gasteiger charge is -2.25. The molecule has 0 aromatic carbocycles. The molecule has 0 aromatic heterocycles. The number of hydrogen-bond donors (Lipinski definition) is 1. The van der Waals surface area contributed by atoms with E-state index in [1.54, 1.807) is 7.11 Å². The molecule has 1 fully saturated rings. The van der Waals surface area contributed by atoms with E-state index in [2.05, 4.69) is 0 Å². The highest BCUT2D eigenvalue weighted by atomic mass is 16.7. The summed E-state index contributed by atoms with van der Waals surface area (Å²) in [6.07, 6.45) is 1.38. The Bertz CT molecular complexity index is 141. The molecule has 1 aliphatic heterocycles. The van der Waals surface area contributed by atoms with Gasteiger partial charge in [-0.2, -0.15) is 0 Å². The zero-order chi connectivity index (χ0) is 8.27. The first-order valence-corrected chi connectivity index (χ1v) is 3.67. The monoisotopic (exact) mass is 159 g/mol. The average molecular weight is 159 g/mol. The van der Waals surface area contributed by atoms with E-state index >= 15 is 0 Å². The van der Waals surface area contributed by atoms with Crippen molar-refractivity contribution in [3.8, 4) is 0 Å². The Morgan fingerprint density at radius 2 is 2.36 bits per heavy atom. The lowest BCUT2D eigenvalue weighted by Crippen LogP contribution is -2.35. The second kappa shape index (κ2) is 3.69. The van der Waals surface area contributed by atoms with Gasteiger partial charge in [-0.05, 0) is 12.8 Å². The molecule has 1 aliphatic rings. The van der Waals surface area contributed by atoms with E-state index in [9.17, 15) is 4.79 Å². The topological polar surface area (TPSA) is 61.5 Å². The van der Waals surface area contributed by atoms with Crippen LogP contribution in [0.4, 0.5) is 0 Å². The number of carbonyl (C=O) groups is 1. The van der Waals surface area contributed by atoms with Crippen molar-refractivity contribution in [1.29, 1.82) is 0 Å². The Kier molecular flexibility index (Phi) is 2.84. The van der Waals surface area contributed by atoms with Crippen LogP contribution < -0.4 is 5.73 Å². The summed E-state index contributed by atoms with van der Waals surface area (Å²) in [6.45, 7) is 0.397. The maximum Gasteiger partial charge on any atom is 0.222 e. The van der Waals surface area contributed by atoms with Crippen molar-refractivity contribution < 1.29 is 14.3 Å². The Morgan fingerprint density at radius 1 is 1.64 bits per heavy atom. The van der Waals surface area contributed by atoms with Crippen molar-refractivity contribution in [3.63, 3.8) is 0 Å². The first kappa shape index (κ1) is 8.49. The van der Waals surface area contributed by atoms with Crippen molar-refractivity contribution in [2.24, 2.45) is 11.7 Å². The number of rotatable bonds is 2. The summed E-state index contributed by atoms with van der Waals surface area (Å²) < 4.78 is 10.1. The molecule has 64 valence electrons. The van der Waals surface area contributed by atoms with Gasteiger partial charge in [0.05, 0.1) is 12.5 Å². The molecule has 4 nitrogen and oxygen atoms in total. The summed E-state index contributed by atoms with van der Waals surface area (Å²) in [7, 11) is 1.59. The van der Waals surface area contributed by atoms with Crippen LogP contribution in [0.15, 0.2) is 0 Å². The number of amides is 1. The molecule has 0 bridgehead atoms. The van der Waals surface area contributed by atoms with Gasteiger partial charge in [-0.25, -0.2) is 0 Å². The van der Waals surface area contributed by atoms with E-state index in [4.69, 9.17) is 15.2 Å². The smallest absolute Gasteiger partial charge is 0.222 e. The highest BCUT2D eigenvalue weighted by Gasteiger charge is 2.24. The van der Waals surface area contributed by atoms with Crippen LogP contribution in [0.3, 0.4) is 0 Å². The fourth-order valence-corrected chi connectivity index (χ4v) is 1.14. The maximum absolute atomic E-state index is 10.7. The number of hydrogen-bond acceptors (Lipinski definition) is 3. The van der Waals surface area contributed by atoms with E-state index in [1.807, 2.05) is 0 Å². The first-order chi connectivity index (χ1) is 5.24. The SMILES string of the molecule is CO[C@H]1CC[C@H](C(N)=O)CO1. The molecule has 1 rings (SSSR count). The minimum absolute atomic E-state index is 0.124. The molecule has 1 saturated heterocycles. The van der Waals surface area contributed by atoms with Gasteiger partial charge >= 0.3 is 0 Å². The van der Waals surface area contributed by atoms with Gasteiger partial charge in [0.1, 0.15) is 0 Å². The van der Waals surface area contributed by atoms with Crippen molar-refractivity contribution in [2.45, 2.75) is 19.1 Å². The average Bonchev–Trinajstić information content (AvgIpc) is 2.05. The van der Waals surface area contributed by atoms with Crippen molar-refractivity contribution in [3.05, 3.63) is 0 Å². The minimum atomic E-state index is -0.278. The molecule has 0 aromatic rings. The van der Waals surface area contributed by atoms with Crippen molar-refractivity contribution in [1.82, 2.24) is 0 Å². The van der Waals surface area contributed by atoms with Crippen LogP contribution in [0, 0.1) is 5.92 Å². The van der Waals surface area contributed by atoms with E-state index in [0.29, 0.717) is 6.61 Å². The van der Waals surface area contributed by atoms with Crippen molar-refractivity contribution >= 4 is 5.91 Å². The maximum atomic E-state index is 10.7. The van der Waals surface area contributed by atoms with Gasteiger partial charge in [0.25, 0.3) is 0 Å². The van der Waals surface area contributed by atoms with E-state index < -0.39 is 0 Å². The number of nitrogens with two attached hydrogens (primary N) is 1. The van der Waals surface area contributed by atoms with Gasteiger partial charge in [-0.1, -0.05) is 0 Å². The summed E-state index contributed by atoms with van der Waals surface area (Å²) in [5.74, 6) is -0.402. The van der Waals surface area contributed by atoms with Crippen LogP contribution in [0.2, 0.25) is 0 Å². The largest absolute Gasteiger partial charge is 0.369 e. The van der Waals surface area contributed by atoms with Gasteiger partial charge in [0.15, 0.2) is 6.29 Å². The molecule has 2 N–H and O–H groups in total. The molecular weight excluding hydrogens is 146 g/mol. The first-order valence-electron chi connectivity index (χ1n) is 3.67. The molecule has 1 heterocycles. The molecule has 4 heteroatoms. The Labute approximate surface area is 65.7 Å². The summed E-state index contributed by atoms with van der Waals surface area (Å²) in [5, 5.41) is 0. The van der Waals surface area contributed by atoms with Gasteiger partial charge < -0.3 is 15.2 Å². The second-order valence-corrected chi connectivity index (χ2v) is 2.68. The summed E-state index contributed by atoms with van der Waals surface area (Å²) in [4.78, 5) is 10.7. The zero-order valence-corrected chi connectivity index (χ0v) is 6.58. The van der Waals surface area contributed by atoms with Gasteiger partial charge in [0, 0.05) is 7.11 Å². The predicted octanol–water partition coefficient (Wildman–Crippen LogP) is -0.129. The van der Waals surface area contributed by atoms with Crippen LogP contribution in [0.1, 0.15) is 12.8 Å². The third-order valence-electron chi connectivity index (χ3n) is 1.90. The zero-order valence-electron chi connectivity index (χ0n) is 6.58. The standard InChI is InChI=1S/C7H13NO3/c1-10-6-3-2-5(4-11-6)7(8)9/h5-6H,2-4H2,1H3,(H2,8,9)/t5-,6+/m0/s1. The van der Waals surface area contributed by atoms with Gasteiger partial charge in [-0.15, -0.1) is 0 Å².